The Bertz CT molecular complexity index is 503. The van der Waals surface area contributed by atoms with E-state index in [0.29, 0.717) is 24.1 Å². The highest BCUT2D eigenvalue weighted by Gasteiger charge is 2.31. The average Bonchev–Trinajstić information content (AvgIpc) is 2.48. The van der Waals surface area contributed by atoms with Crippen molar-refractivity contribution in [2.75, 3.05) is 18.0 Å². The highest BCUT2D eigenvalue weighted by molar-refractivity contribution is 5.99. The monoisotopic (exact) mass is 290 g/mol. The van der Waals surface area contributed by atoms with Gasteiger partial charge in [-0.25, -0.2) is 4.98 Å². The van der Waals surface area contributed by atoms with Gasteiger partial charge in [0.2, 0.25) is 0 Å². The van der Waals surface area contributed by atoms with Gasteiger partial charge in [-0.1, -0.05) is 12.8 Å². The van der Waals surface area contributed by atoms with Crippen molar-refractivity contribution < 1.29 is 4.79 Å². The first-order chi connectivity index (χ1) is 10.1. The maximum absolute atomic E-state index is 11.8. The van der Waals surface area contributed by atoms with Gasteiger partial charge in [0, 0.05) is 18.8 Å². The summed E-state index contributed by atoms with van der Waals surface area (Å²) in [5.41, 5.74) is 13.0. The lowest BCUT2D eigenvalue weighted by Gasteiger charge is -2.40. The number of nitrogens with two attached hydrogens (primary N) is 2. The highest BCUT2D eigenvalue weighted by Crippen LogP contribution is 2.32. The number of anilines is 1. The molecule has 4 N–H and O–H groups in total. The molecule has 0 aliphatic heterocycles. The quantitative estimate of drug-likeness (QED) is 0.866. The van der Waals surface area contributed by atoms with E-state index in [2.05, 4.69) is 16.8 Å². The van der Waals surface area contributed by atoms with Crippen LogP contribution in [0.25, 0.3) is 0 Å². The zero-order chi connectivity index (χ0) is 15.4. The Morgan fingerprint density at radius 3 is 2.76 bits per heavy atom. The van der Waals surface area contributed by atoms with Crippen LogP contribution >= 0.6 is 0 Å². The van der Waals surface area contributed by atoms with E-state index in [4.69, 9.17) is 11.5 Å². The number of carbonyl (C=O) groups excluding carboxylic acids is 1. The lowest BCUT2D eigenvalue weighted by atomic mass is 9.83. The molecule has 116 valence electrons. The molecule has 2 unspecified atom stereocenters. The number of pyridine rings is 1. The van der Waals surface area contributed by atoms with E-state index in [9.17, 15) is 4.79 Å². The molecule has 1 heterocycles. The van der Waals surface area contributed by atoms with Gasteiger partial charge >= 0.3 is 0 Å². The van der Waals surface area contributed by atoms with Gasteiger partial charge in [-0.2, -0.15) is 0 Å². The van der Waals surface area contributed by atoms with Crippen LogP contribution in [0.1, 0.15) is 48.5 Å². The fourth-order valence-corrected chi connectivity index (χ4v) is 3.48. The minimum absolute atomic E-state index is 0.348. The molecule has 2 rings (SSSR count). The van der Waals surface area contributed by atoms with Crippen molar-refractivity contribution in [1.82, 2.24) is 4.98 Å². The molecule has 0 aromatic carbocycles. The summed E-state index contributed by atoms with van der Waals surface area (Å²) in [6.07, 6.45) is 6.44. The molecule has 0 bridgehead atoms. The zero-order valence-corrected chi connectivity index (χ0v) is 13.0. The van der Waals surface area contributed by atoms with E-state index in [-0.39, 0.29) is 0 Å². The van der Waals surface area contributed by atoms with Gasteiger partial charge in [-0.3, -0.25) is 4.79 Å². The molecule has 5 heteroatoms. The Labute approximate surface area is 126 Å². The van der Waals surface area contributed by atoms with Gasteiger partial charge in [0.05, 0.1) is 5.56 Å². The Morgan fingerprint density at radius 1 is 1.43 bits per heavy atom. The average molecular weight is 290 g/mol. The van der Waals surface area contributed by atoms with Gasteiger partial charge in [-0.05, 0) is 50.8 Å². The summed E-state index contributed by atoms with van der Waals surface area (Å²) in [5.74, 6) is 0.770. The molecule has 0 saturated heterocycles. The molecule has 1 aromatic rings. The normalized spacial score (nSPS) is 22.0. The summed E-state index contributed by atoms with van der Waals surface area (Å²) in [6.45, 7) is 5.48. The van der Waals surface area contributed by atoms with Crippen molar-refractivity contribution in [1.29, 1.82) is 0 Å². The third kappa shape index (κ3) is 3.18. The minimum atomic E-state index is -0.408. The first-order valence-corrected chi connectivity index (χ1v) is 7.82. The molecule has 21 heavy (non-hydrogen) atoms. The third-order valence-electron chi connectivity index (χ3n) is 4.57. The van der Waals surface area contributed by atoms with Crippen LogP contribution in [-0.4, -0.2) is 30.0 Å². The maximum atomic E-state index is 11.8. The molecule has 1 aromatic heterocycles. The highest BCUT2D eigenvalue weighted by atomic mass is 16.1. The van der Waals surface area contributed by atoms with Crippen molar-refractivity contribution >= 4 is 11.7 Å². The van der Waals surface area contributed by atoms with Gasteiger partial charge in [0.25, 0.3) is 5.91 Å². The molecular weight excluding hydrogens is 264 g/mol. The maximum Gasteiger partial charge on any atom is 0.252 e. The molecule has 1 fully saturated rings. The van der Waals surface area contributed by atoms with E-state index < -0.39 is 5.91 Å². The number of aromatic nitrogens is 1. The first-order valence-electron chi connectivity index (χ1n) is 7.82. The van der Waals surface area contributed by atoms with Crippen LogP contribution < -0.4 is 16.4 Å². The van der Waals surface area contributed by atoms with E-state index in [0.717, 1.165) is 30.8 Å². The molecule has 2 atom stereocenters. The Balaban J connectivity index is 2.41. The third-order valence-corrected chi connectivity index (χ3v) is 4.57. The van der Waals surface area contributed by atoms with Crippen LogP contribution in [0.15, 0.2) is 12.3 Å². The van der Waals surface area contributed by atoms with Gasteiger partial charge in [0.1, 0.15) is 5.82 Å². The van der Waals surface area contributed by atoms with E-state index >= 15 is 0 Å². The number of hydrogen-bond acceptors (Lipinski definition) is 4. The van der Waals surface area contributed by atoms with Gasteiger partial charge in [-0.15, -0.1) is 0 Å². The summed E-state index contributed by atoms with van der Waals surface area (Å²) >= 11 is 0. The van der Waals surface area contributed by atoms with E-state index in [1.807, 2.05) is 13.0 Å². The second-order valence-corrected chi connectivity index (χ2v) is 5.82. The Morgan fingerprint density at radius 2 is 2.14 bits per heavy atom. The van der Waals surface area contributed by atoms with Crippen LogP contribution in [0.3, 0.4) is 0 Å². The van der Waals surface area contributed by atoms with Crippen molar-refractivity contribution in [2.45, 2.75) is 45.6 Å². The van der Waals surface area contributed by atoms with Crippen LogP contribution in [-0.2, 0) is 0 Å². The number of rotatable bonds is 5. The lowest BCUT2D eigenvalue weighted by molar-refractivity contribution is 0.0999. The molecule has 1 saturated carbocycles. The number of aryl methyl sites for hydroxylation is 1. The predicted molar refractivity (Wildman–Crippen MR) is 85.3 cm³/mol. The first kappa shape index (κ1) is 15.8. The fraction of sp³-hybridized carbons (Fsp3) is 0.625. The van der Waals surface area contributed by atoms with Crippen LogP contribution in [0, 0.1) is 12.8 Å². The van der Waals surface area contributed by atoms with Crippen LogP contribution in [0.5, 0.6) is 0 Å². The lowest BCUT2D eigenvalue weighted by Crippen LogP contribution is -2.46. The predicted octanol–water partition coefficient (Wildman–Crippen LogP) is 1.83. The molecule has 0 radical (unpaired) electrons. The number of carbonyl (C=O) groups is 1. The second kappa shape index (κ2) is 6.89. The van der Waals surface area contributed by atoms with Crippen molar-refractivity contribution in [3.8, 4) is 0 Å². The molecular formula is C16H26N4O. The van der Waals surface area contributed by atoms with Gasteiger partial charge in [0.15, 0.2) is 0 Å². The topological polar surface area (TPSA) is 85.2 Å². The Kier molecular flexibility index (Phi) is 5.17. The second-order valence-electron chi connectivity index (χ2n) is 5.82. The van der Waals surface area contributed by atoms with Crippen molar-refractivity contribution in [3.05, 3.63) is 23.4 Å². The van der Waals surface area contributed by atoms with Gasteiger partial charge < -0.3 is 16.4 Å². The number of amides is 1. The SMILES string of the molecule is CCN(c1nccc(C)c1C(N)=O)C1CCCCC1CN. The number of nitrogens with zero attached hydrogens (tertiary/aromatic N) is 2. The van der Waals surface area contributed by atoms with E-state index in [1.165, 1.54) is 12.8 Å². The number of primary amides is 1. The molecule has 1 aliphatic carbocycles. The van der Waals surface area contributed by atoms with Crippen LogP contribution in [0.4, 0.5) is 5.82 Å². The van der Waals surface area contributed by atoms with Crippen LogP contribution in [0.2, 0.25) is 0 Å². The van der Waals surface area contributed by atoms with Crippen molar-refractivity contribution in [2.24, 2.45) is 17.4 Å². The molecule has 1 amide bonds. The van der Waals surface area contributed by atoms with E-state index in [1.54, 1.807) is 6.20 Å². The summed E-state index contributed by atoms with van der Waals surface area (Å²) in [5, 5.41) is 0. The summed E-state index contributed by atoms with van der Waals surface area (Å²) in [6, 6.07) is 2.18. The smallest absolute Gasteiger partial charge is 0.252 e. The summed E-state index contributed by atoms with van der Waals surface area (Å²) < 4.78 is 0. The summed E-state index contributed by atoms with van der Waals surface area (Å²) in [7, 11) is 0. The zero-order valence-electron chi connectivity index (χ0n) is 13.0. The Hall–Kier alpha value is -1.62. The number of hydrogen-bond donors (Lipinski definition) is 2. The molecule has 5 nitrogen and oxygen atoms in total. The standard InChI is InChI=1S/C16H26N4O/c1-3-20(13-7-5-4-6-12(13)10-17)16-14(15(18)21)11(2)8-9-19-16/h8-9,12-13H,3-7,10,17H2,1-2H3,(H2,18,21). The van der Waals surface area contributed by atoms with Crippen molar-refractivity contribution in [3.63, 3.8) is 0 Å². The largest absolute Gasteiger partial charge is 0.365 e. The molecule has 0 spiro atoms. The minimum Gasteiger partial charge on any atom is -0.365 e. The molecule has 1 aliphatic rings. The fourth-order valence-electron chi connectivity index (χ4n) is 3.48. The summed E-state index contributed by atoms with van der Waals surface area (Å²) in [4.78, 5) is 18.5.